The van der Waals surface area contributed by atoms with Crippen LogP contribution in [0, 0.1) is 6.92 Å². The van der Waals surface area contributed by atoms with Gasteiger partial charge in [-0.2, -0.15) is 0 Å². The molecule has 0 saturated carbocycles. The van der Waals surface area contributed by atoms with E-state index in [9.17, 15) is 4.79 Å². The molecule has 2 unspecified atom stereocenters. The normalized spacial score (nSPS) is 19.5. The van der Waals surface area contributed by atoms with Gasteiger partial charge in [-0.05, 0) is 29.7 Å². The molecule has 0 spiro atoms. The summed E-state index contributed by atoms with van der Waals surface area (Å²) in [5.41, 5.74) is 4.96. The van der Waals surface area contributed by atoms with Gasteiger partial charge in [0.25, 0.3) is 0 Å². The molecule has 0 bridgehead atoms. The van der Waals surface area contributed by atoms with E-state index in [1.54, 1.807) is 0 Å². The lowest BCUT2D eigenvalue weighted by molar-refractivity contribution is 0.0944. The van der Waals surface area contributed by atoms with E-state index in [0.29, 0.717) is 0 Å². The van der Waals surface area contributed by atoms with Crippen molar-refractivity contribution in [2.75, 3.05) is 5.32 Å². The van der Waals surface area contributed by atoms with Crippen molar-refractivity contribution in [2.24, 2.45) is 0 Å². The zero-order valence-corrected chi connectivity index (χ0v) is 13.6. The van der Waals surface area contributed by atoms with E-state index in [1.165, 1.54) is 0 Å². The van der Waals surface area contributed by atoms with E-state index in [1.807, 2.05) is 73.7 Å². The number of rotatable bonds is 2. The molecule has 2 heteroatoms. The highest BCUT2D eigenvalue weighted by molar-refractivity contribution is 6.09. The number of carbonyl (C=O) groups is 1. The number of fused-ring (bicyclic) bond motifs is 1. The first-order valence-electron chi connectivity index (χ1n) is 8.26. The van der Waals surface area contributed by atoms with Gasteiger partial charge < -0.3 is 5.32 Å². The minimum absolute atomic E-state index is 0.0598. The maximum atomic E-state index is 13.4. The average Bonchev–Trinajstić information content (AvgIpc) is 2.63. The molecule has 1 aliphatic heterocycles. The topological polar surface area (TPSA) is 29.1 Å². The molecule has 2 nitrogen and oxygen atoms in total. The van der Waals surface area contributed by atoms with Crippen LogP contribution in [0.1, 0.15) is 39.0 Å². The molecule has 0 fully saturated rings. The number of hydrogen-bond acceptors (Lipinski definition) is 2. The Kier molecular flexibility index (Phi) is 3.66. The van der Waals surface area contributed by atoms with Gasteiger partial charge in [0.05, 0.1) is 12.0 Å². The molecule has 1 aliphatic rings. The number of Topliss-reactive ketones (excluding diaryl/α,β-unsaturated/α-hetero) is 1. The van der Waals surface area contributed by atoms with E-state index >= 15 is 0 Å². The molecule has 1 N–H and O–H groups in total. The molecule has 118 valence electrons. The number of aryl methyl sites for hydroxylation is 1. The molecule has 24 heavy (non-hydrogen) atoms. The first kappa shape index (κ1) is 14.7. The third kappa shape index (κ3) is 2.41. The minimum atomic E-state index is -0.220. The summed E-state index contributed by atoms with van der Waals surface area (Å²) in [6.07, 6.45) is 0. The Morgan fingerprint density at radius 2 is 1.38 bits per heavy atom. The standard InChI is InChI=1S/C22H19NO/c1-15-9-8-14-18-19(15)22(24)20(16-10-4-2-5-11-16)21(23-18)17-12-6-3-7-13-17/h2-14,20-21,23H,1H3. The van der Waals surface area contributed by atoms with Crippen molar-refractivity contribution in [1.82, 2.24) is 0 Å². The van der Waals surface area contributed by atoms with Crippen molar-refractivity contribution in [1.29, 1.82) is 0 Å². The molecule has 4 rings (SSSR count). The van der Waals surface area contributed by atoms with E-state index in [2.05, 4.69) is 17.4 Å². The van der Waals surface area contributed by atoms with Crippen LogP contribution in [0.3, 0.4) is 0 Å². The lowest BCUT2D eigenvalue weighted by atomic mass is 9.77. The summed E-state index contributed by atoms with van der Waals surface area (Å²) >= 11 is 0. The Hall–Kier alpha value is -2.87. The fourth-order valence-corrected chi connectivity index (χ4v) is 3.61. The Balaban J connectivity index is 1.90. The van der Waals surface area contributed by atoms with Crippen LogP contribution >= 0.6 is 0 Å². The molecule has 3 aromatic rings. The monoisotopic (exact) mass is 313 g/mol. The zero-order valence-electron chi connectivity index (χ0n) is 13.6. The second-order valence-electron chi connectivity index (χ2n) is 6.28. The number of hydrogen-bond donors (Lipinski definition) is 1. The fourth-order valence-electron chi connectivity index (χ4n) is 3.61. The lowest BCUT2D eigenvalue weighted by Crippen LogP contribution is -2.32. The minimum Gasteiger partial charge on any atom is -0.377 e. The van der Waals surface area contributed by atoms with Crippen LogP contribution in [0.2, 0.25) is 0 Å². The number of benzene rings is 3. The quantitative estimate of drug-likeness (QED) is 0.710. The summed E-state index contributed by atoms with van der Waals surface area (Å²) in [5, 5.41) is 3.61. The lowest BCUT2D eigenvalue weighted by Gasteiger charge is -2.35. The van der Waals surface area contributed by atoms with Gasteiger partial charge in [-0.1, -0.05) is 72.8 Å². The molecule has 1 heterocycles. The van der Waals surface area contributed by atoms with Crippen LogP contribution in [-0.4, -0.2) is 5.78 Å². The van der Waals surface area contributed by atoms with Gasteiger partial charge in [0, 0.05) is 11.3 Å². The van der Waals surface area contributed by atoms with Gasteiger partial charge in [-0.15, -0.1) is 0 Å². The fraction of sp³-hybridized carbons (Fsp3) is 0.136. The second kappa shape index (κ2) is 5.97. The first-order chi connectivity index (χ1) is 11.8. The highest BCUT2D eigenvalue weighted by Crippen LogP contribution is 2.43. The highest BCUT2D eigenvalue weighted by atomic mass is 16.1. The van der Waals surface area contributed by atoms with Crippen molar-refractivity contribution in [3.05, 3.63) is 101 Å². The molecule has 0 aliphatic carbocycles. The third-order valence-corrected chi connectivity index (χ3v) is 4.76. The molecule has 0 amide bonds. The molecule has 0 saturated heterocycles. The number of anilines is 1. The predicted molar refractivity (Wildman–Crippen MR) is 97.5 cm³/mol. The smallest absolute Gasteiger partial charge is 0.175 e. The maximum Gasteiger partial charge on any atom is 0.175 e. The number of ketones is 1. The summed E-state index contributed by atoms with van der Waals surface area (Å²) < 4.78 is 0. The van der Waals surface area contributed by atoms with E-state index in [0.717, 1.165) is 27.9 Å². The van der Waals surface area contributed by atoms with Gasteiger partial charge in [0.15, 0.2) is 5.78 Å². The SMILES string of the molecule is Cc1cccc2c1C(=O)C(c1ccccc1)C(c1ccccc1)N2. The highest BCUT2D eigenvalue weighted by Gasteiger charge is 2.37. The van der Waals surface area contributed by atoms with E-state index in [4.69, 9.17) is 0 Å². The molecule has 2 atom stereocenters. The summed E-state index contributed by atoms with van der Waals surface area (Å²) in [6, 6.07) is 26.2. The third-order valence-electron chi connectivity index (χ3n) is 4.76. The van der Waals surface area contributed by atoms with Gasteiger partial charge in [0.1, 0.15) is 0 Å². The van der Waals surface area contributed by atoms with Crippen LogP contribution in [0.15, 0.2) is 78.9 Å². The summed E-state index contributed by atoms with van der Waals surface area (Å²) in [7, 11) is 0. The van der Waals surface area contributed by atoms with E-state index < -0.39 is 0 Å². The predicted octanol–water partition coefficient (Wildman–Crippen LogP) is 5.13. The van der Waals surface area contributed by atoms with Gasteiger partial charge >= 0.3 is 0 Å². The van der Waals surface area contributed by atoms with Gasteiger partial charge in [-0.25, -0.2) is 0 Å². The average molecular weight is 313 g/mol. The molecule has 0 aromatic heterocycles. The van der Waals surface area contributed by atoms with Crippen LogP contribution in [0.5, 0.6) is 0 Å². The van der Waals surface area contributed by atoms with Crippen molar-refractivity contribution in [3.63, 3.8) is 0 Å². The Bertz CT molecular complexity index is 871. The number of nitrogens with one attached hydrogen (secondary N) is 1. The van der Waals surface area contributed by atoms with Crippen molar-refractivity contribution < 1.29 is 4.79 Å². The summed E-state index contributed by atoms with van der Waals surface area (Å²) in [5.74, 6) is -0.0240. The second-order valence-corrected chi connectivity index (χ2v) is 6.28. The largest absolute Gasteiger partial charge is 0.377 e. The van der Waals surface area contributed by atoms with Crippen LogP contribution in [0.4, 0.5) is 5.69 Å². The molecule has 0 radical (unpaired) electrons. The van der Waals surface area contributed by atoms with Crippen LogP contribution in [0.25, 0.3) is 0 Å². The van der Waals surface area contributed by atoms with Crippen molar-refractivity contribution in [3.8, 4) is 0 Å². The van der Waals surface area contributed by atoms with Gasteiger partial charge in [-0.3, -0.25) is 4.79 Å². The zero-order chi connectivity index (χ0) is 16.5. The Morgan fingerprint density at radius 3 is 2.04 bits per heavy atom. The van der Waals surface area contributed by atoms with Crippen LogP contribution in [-0.2, 0) is 0 Å². The van der Waals surface area contributed by atoms with Gasteiger partial charge in [0.2, 0.25) is 0 Å². The van der Waals surface area contributed by atoms with Crippen LogP contribution < -0.4 is 5.32 Å². The van der Waals surface area contributed by atoms with E-state index in [-0.39, 0.29) is 17.7 Å². The Morgan fingerprint density at radius 1 is 0.750 bits per heavy atom. The molecular weight excluding hydrogens is 294 g/mol. The maximum absolute atomic E-state index is 13.4. The summed E-state index contributed by atoms with van der Waals surface area (Å²) in [4.78, 5) is 13.4. The molecule has 3 aromatic carbocycles. The Labute approximate surface area is 142 Å². The number of carbonyl (C=O) groups excluding carboxylic acids is 1. The van der Waals surface area contributed by atoms with Crippen molar-refractivity contribution >= 4 is 11.5 Å². The molecular formula is C22H19NO. The summed E-state index contributed by atoms with van der Waals surface area (Å²) in [6.45, 7) is 2.00. The van der Waals surface area contributed by atoms with Crippen molar-refractivity contribution in [2.45, 2.75) is 18.9 Å². The first-order valence-corrected chi connectivity index (χ1v) is 8.26.